The molecule has 1 unspecified atom stereocenters. The Morgan fingerprint density at radius 1 is 1.18 bits per heavy atom. The van der Waals surface area contributed by atoms with Gasteiger partial charge in [-0.2, -0.15) is 18.4 Å². The molecule has 0 saturated carbocycles. The minimum atomic E-state index is -4.64. The van der Waals surface area contributed by atoms with Gasteiger partial charge in [0.2, 0.25) is 5.78 Å². The molecule has 5 N–H and O–H groups in total. The number of Topliss-reactive ketones (excluding diaryl/α,β-unsaturated/α-hetero) is 1. The number of halogens is 4. The molecule has 0 radical (unpaired) electrons. The van der Waals surface area contributed by atoms with E-state index in [0.717, 1.165) is 48.8 Å². The zero-order valence-electron chi connectivity index (χ0n) is 28.5. The van der Waals surface area contributed by atoms with Crippen molar-refractivity contribution in [2.24, 2.45) is 10.9 Å². The summed E-state index contributed by atoms with van der Waals surface area (Å²) in [5.41, 5.74) is 7.61. The highest BCUT2D eigenvalue weighted by Crippen LogP contribution is 2.18. The van der Waals surface area contributed by atoms with Gasteiger partial charge in [-0.05, 0) is 88.2 Å². The third-order valence-electron chi connectivity index (χ3n) is 5.70. The normalized spacial score (nSPS) is 14.9. The molecule has 0 bridgehead atoms. The predicted octanol–water partition coefficient (Wildman–Crippen LogP) is 8.60. The van der Waals surface area contributed by atoms with Crippen LogP contribution < -0.4 is 10.9 Å². The molecule has 2 atom stereocenters. The van der Waals surface area contributed by atoms with Crippen LogP contribution in [0.5, 0.6) is 0 Å². The number of hydrogen-bond acceptors (Lipinski definition) is 7. The lowest BCUT2D eigenvalue weighted by molar-refractivity contribution is -0.168. The maximum Gasteiger partial charge on any atom is 0.449 e. The maximum absolute atomic E-state index is 13.5. The molecule has 7 nitrogen and oxygen atoms in total. The molecule has 1 heterocycles. The number of carbonyl (C=O) groups excluding carboxylic acids is 1. The van der Waals surface area contributed by atoms with Gasteiger partial charge in [0.15, 0.2) is 0 Å². The first-order valence-electron chi connectivity index (χ1n) is 15.3. The van der Waals surface area contributed by atoms with Crippen molar-refractivity contribution < 1.29 is 32.3 Å². The van der Waals surface area contributed by atoms with Gasteiger partial charge in [-0.1, -0.05) is 65.8 Å². The molecule has 12 heteroatoms. The largest absolute Gasteiger partial charge is 0.481 e. The van der Waals surface area contributed by atoms with E-state index in [-0.39, 0.29) is 11.9 Å². The average Bonchev–Trinajstić information content (AvgIpc) is 3.41. The van der Waals surface area contributed by atoms with Crippen molar-refractivity contribution in [1.29, 1.82) is 5.26 Å². The second kappa shape index (κ2) is 31.3. The smallest absolute Gasteiger partial charge is 0.449 e. The number of rotatable bonds is 9. The highest BCUT2D eigenvalue weighted by molar-refractivity contribution is 8.01. The molecule has 1 fully saturated rings. The molecule has 260 valence electrons. The van der Waals surface area contributed by atoms with Gasteiger partial charge in [0.25, 0.3) is 5.97 Å². The predicted molar refractivity (Wildman–Crippen MR) is 180 cm³/mol. The molecule has 1 aromatic carbocycles. The summed E-state index contributed by atoms with van der Waals surface area (Å²) < 4.78 is 46.0. The fourth-order valence-corrected chi connectivity index (χ4v) is 3.91. The number of nitrogens with two attached hydrogens (primary N) is 2. The maximum atomic E-state index is 13.5. The first-order valence-corrected chi connectivity index (χ1v) is 16.2. The lowest BCUT2D eigenvalue weighted by Gasteiger charge is -2.22. The monoisotopic (exact) mass is 664 g/mol. The third-order valence-corrected chi connectivity index (χ3v) is 6.26. The molecule has 0 aromatic heterocycles. The standard InChI is InChI=1S/C15H23FN2.C9H14N2S.C3H3F3O.C2H4O2.2C2H6/c1-12-5-4-9-18(12)10-8-14(17)11-13-6-2-3-7-15(13)16;1-3-5-9(12-11)6-8(4-2)7-10;1-2(7)3(4,5)6;1-2(3)4;2*1-2/h2-3,6-7,12,14H,4-5,8-11,17H2,1H3;5-6H,3-4,11H2,1-2H3;1H3;1H3,(H,3,4);2*1-2H3/b;8-6+,9-5+;;;;/t12-,14?;;;;;/m1...../s1. The second-order valence-electron chi connectivity index (χ2n) is 9.21. The van der Waals surface area contributed by atoms with Crippen molar-refractivity contribution in [3.8, 4) is 6.07 Å². The number of nitriles is 1. The van der Waals surface area contributed by atoms with Crippen molar-refractivity contribution in [3.63, 3.8) is 0 Å². The van der Waals surface area contributed by atoms with E-state index in [1.807, 2.05) is 65.8 Å². The summed E-state index contributed by atoms with van der Waals surface area (Å²) in [6.45, 7) is 18.1. The first-order chi connectivity index (χ1) is 21.1. The van der Waals surface area contributed by atoms with Gasteiger partial charge in [0.1, 0.15) is 5.82 Å². The Labute approximate surface area is 273 Å². The third kappa shape index (κ3) is 29.7. The Kier molecular flexibility index (Phi) is 34.2. The van der Waals surface area contributed by atoms with Gasteiger partial charge < -0.3 is 15.7 Å². The SMILES string of the molecule is CC.CC.CC(=O)C(F)(F)F.CC(=O)O.CC/C=C(\C=C(\C#N)CC)SN.C[C@@H]1CCCN1CCC(N)Cc1ccccc1F. The topological polar surface area (TPSA) is 133 Å². The Hall–Kier alpha value is -2.72. The van der Waals surface area contributed by atoms with E-state index < -0.39 is 17.9 Å². The number of ketones is 1. The van der Waals surface area contributed by atoms with Gasteiger partial charge in [-0.15, -0.1) is 0 Å². The number of hydrogen-bond donors (Lipinski definition) is 3. The number of likely N-dealkylation sites (tertiary alicyclic amines) is 1. The molecular formula is C33H56F4N4O3S. The minimum Gasteiger partial charge on any atom is -0.481 e. The van der Waals surface area contributed by atoms with Crippen LogP contribution in [-0.2, 0) is 16.0 Å². The number of allylic oxidation sites excluding steroid dienone is 3. The zero-order chi connectivity index (χ0) is 36.0. The number of carboxylic acids is 1. The van der Waals surface area contributed by atoms with Crippen LogP contribution in [0.2, 0.25) is 0 Å². The van der Waals surface area contributed by atoms with Crippen LogP contribution in [0.15, 0.2) is 46.9 Å². The van der Waals surface area contributed by atoms with Crippen molar-refractivity contribution >= 4 is 23.7 Å². The van der Waals surface area contributed by atoms with Gasteiger partial charge >= 0.3 is 6.18 Å². The summed E-state index contributed by atoms with van der Waals surface area (Å²) >= 11 is 1.19. The van der Waals surface area contributed by atoms with E-state index in [1.54, 1.807) is 6.07 Å². The van der Waals surface area contributed by atoms with Crippen molar-refractivity contribution in [2.45, 2.75) is 119 Å². The quantitative estimate of drug-likeness (QED) is 0.103. The molecule has 1 aromatic rings. The van der Waals surface area contributed by atoms with Crippen LogP contribution in [0.4, 0.5) is 17.6 Å². The average molecular weight is 665 g/mol. The Morgan fingerprint density at radius 2 is 1.69 bits per heavy atom. The van der Waals surface area contributed by atoms with Crippen molar-refractivity contribution in [1.82, 2.24) is 4.90 Å². The zero-order valence-corrected chi connectivity index (χ0v) is 29.3. The molecule has 0 amide bonds. The summed E-state index contributed by atoms with van der Waals surface area (Å²) in [5.74, 6) is -2.73. The van der Waals surface area contributed by atoms with Gasteiger partial charge in [0, 0.05) is 36.4 Å². The molecule has 0 aliphatic carbocycles. The number of carboxylic acid groups (broad SMARTS) is 1. The van der Waals surface area contributed by atoms with E-state index in [0.29, 0.717) is 19.4 Å². The Morgan fingerprint density at radius 3 is 2.04 bits per heavy atom. The summed E-state index contributed by atoms with van der Waals surface area (Å²) in [7, 11) is 0. The fraction of sp³-hybridized carbons (Fsp3) is 0.606. The fourth-order valence-electron chi connectivity index (χ4n) is 3.43. The second-order valence-corrected chi connectivity index (χ2v) is 9.92. The highest BCUT2D eigenvalue weighted by atomic mass is 32.2. The molecule has 45 heavy (non-hydrogen) atoms. The number of aliphatic carboxylic acids is 1. The minimum absolute atomic E-state index is 0.0506. The van der Waals surface area contributed by atoms with E-state index in [9.17, 15) is 22.4 Å². The molecule has 0 spiro atoms. The number of alkyl halides is 3. The van der Waals surface area contributed by atoms with Crippen LogP contribution in [-0.4, -0.2) is 53.1 Å². The summed E-state index contributed by atoms with van der Waals surface area (Å²) in [5, 5.41) is 21.5. The number of benzene rings is 1. The van der Waals surface area contributed by atoms with Gasteiger partial charge in [-0.3, -0.25) is 14.7 Å². The van der Waals surface area contributed by atoms with E-state index in [1.165, 1.54) is 37.4 Å². The molecular weight excluding hydrogens is 608 g/mol. The van der Waals surface area contributed by atoms with Crippen molar-refractivity contribution in [3.05, 3.63) is 58.3 Å². The molecule has 1 aliphatic heterocycles. The summed E-state index contributed by atoms with van der Waals surface area (Å²) in [4.78, 5) is 21.8. The summed E-state index contributed by atoms with van der Waals surface area (Å²) in [6.07, 6.45) is 5.09. The molecule has 1 aliphatic rings. The molecule has 1 saturated heterocycles. The number of carbonyl (C=O) groups is 2. The van der Waals surface area contributed by atoms with Crippen LogP contribution in [0.3, 0.4) is 0 Å². The Balaban J connectivity index is -0.000000269. The van der Waals surface area contributed by atoms with Crippen molar-refractivity contribution in [2.75, 3.05) is 13.1 Å². The molecule has 2 rings (SSSR count). The lowest BCUT2D eigenvalue weighted by atomic mass is 10.0. The summed E-state index contributed by atoms with van der Waals surface area (Å²) in [6, 6.07) is 9.78. The van der Waals surface area contributed by atoms with E-state index >= 15 is 0 Å². The first kappa shape index (κ1) is 49.2. The van der Waals surface area contributed by atoms with Crippen LogP contribution in [0, 0.1) is 17.1 Å². The number of nitrogens with zero attached hydrogens (tertiary/aromatic N) is 2. The van der Waals surface area contributed by atoms with Gasteiger partial charge in [0.05, 0.1) is 6.07 Å². The van der Waals surface area contributed by atoms with Crippen LogP contribution in [0.25, 0.3) is 0 Å². The van der Waals surface area contributed by atoms with Crippen LogP contribution >= 0.6 is 11.9 Å². The van der Waals surface area contributed by atoms with E-state index in [2.05, 4.69) is 17.9 Å². The highest BCUT2D eigenvalue weighted by Gasteiger charge is 2.33. The van der Waals surface area contributed by atoms with E-state index in [4.69, 9.17) is 26.0 Å². The van der Waals surface area contributed by atoms with Gasteiger partial charge in [-0.25, -0.2) is 4.39 Å². The Bertz CT molecular complexity index is 1010. The van der Waals surface area contributed by atoms with Crippen LogP contribution in [0.1, 0.15) is 100.0 Å². The lowest BCUT2D eigenvalue weighted by Crippen LogP contribution is -2.33.